The van der Waals surface area contributed by atoms with E-state index in [9.17, 15) is 4.79 Å². The Kier molecular flexibility index (Phi) is 9.02. The average molecular weight is 529 g/mol. The van der Waals surface area contributed by atoms with E-state index >= 15 is 0 Å². The van der Waals surface area contributed by atoms with Gasteiger partial charge in [0.1, 0.15) is 5.82 Å². The van der Waals surface area contributed by atoms with E-state index in [0.717, 1.165) is 42.7 Å². The van der Waals surface area contributed by atoms with Crippen LogP contribution >= 0.6 is 23.2 Å². The van der Waals surface area contributed by atoms with Gasteiger partial charge in [0.05, 0.1) is 24.3 Å². The van der Waals surface area contributed by atoms with E-state index in [0.29, 0.717) is 52.7 Å². The smallest absolute Gasteiger partial charge is 0.220 e. The SMILES string of the molecule is COc1ccc(-c2cnc(CCC(=O)NCC3CCN(Cc4cccc(Cl)c4Cl)C3)nc2)cc1OC. The van der Waals surface area contributed by atoms with Crippen molar-refractivity contribution in [1.82, 2.24) is 20.2 Å². The first-order chi connectivity index (χ1) is 17.5. The molecule has 0 aliphatic carbocycles. The van der Waals surface area contributed by atoms with Crippen molar-refractivity contribution >= 4 is 29.1 Å². The molecule has 1 amide bonds. The van der Waals surface area contributed by atoms with Crippen molar-refractivity contribution in [1.29, 1.82) is 0 Å². The minimum absolute atomic E-state index is 0.0129. The average Bonchev–Trinajstić information content (AvgIpc) is 3.36. The van der Waals surface area contributed by atoms with Crippen LogP contribution in [-0.2, 0) is 17.8 Å². The van der Waals surface area contributed by atoms with Crippen LogP contribution in [0.1, 0.15) is 24.2 Å². The molecule has 3 aromatic rings. The highest BCUT2D eigenvalue weighted by atomic mass is 35.5. The number of rotatable bonds is 10. The Balaban J connectivity index is 1.21. The van der Waals surface area contributed by atoms with Gasteiger partial charge in [-0.1, -0.05) is 41.4 Å². The molecule has 36 heavy (non-hydrogen) atoms. The number of benzene rings is 2. The number of methoxy groups -OCH3 is 2. The van der Waals surface area contributed by atoms with Crippen molar-refractivity contribution in [3.63, 3.8) is 0 Å². The van der Waals surface area contributed by atoms with Crippen LogP contribution in [-0.4, -0.2) is 54.6 Å². The highest BCUT2D eigenvalue weighted by Gasteiger charge is 2.23. The number of aromatic nitrogens is 2. The van der Waals surface area contributed by atoms with Crippen molar-refractivity contribution < 1.29 is 14.3 Å². The molecule has 1 aliphatic rings. The molecule has 7 nitrogen and oxygen atoms in total. The lowest BCUT2D eigenvalue weighted by atomic mass is 10.1. The summed E-state index contributed by atoms with van der Waals surface area (Å²) in [5, 5.41) is 4.27. The highest BCUT2D eigenvalue weighted by Crippen LogP contribution is 2.32. The molecule has 0 spiro atoms. The van der Waals surface area contributed by atoms with Crippen LogP contribution in [0.3, 0.4) is 0 Å². The van der Waals surface area contributed by atoms with Crippen LogP contribution in [0.25, 0.3) is 11.1 Å². The lowest BCUT2D eigenvalue weighted by molar-refractivity contribution is -0.121. The molecule has 1 N–H and O–H groups in total. The lowest BCUT2D eigenvalue weighted by Crippen LogP contribution is -2.31. The first-order valence-corrected chi connectivity index (χ1v) is 12.7. The third-order valence-electron chi connectivity index (χ3n) is 6.38. The first kappa shape index (κ1) is 26.2. The maximum atomic E-state index is 12.4. The molecule has 1 saturated heterocycles. The second-order valence-electron chi connectivity index (χ2n) is 8.86. The largest absolute Gasteiger partial charge is 0.493 e. The molecule has 1 fully saturated rings. The van der Waals surface area contributed by atoms with E-state index in [1.807, 2.05) is 30.3 Å². The standard InChI is InChI=1S/C27H30Cl2N4O3/c1-35-23-7-6-19(12-24(23)36-2)21-14-30-25(31-15-21)8-9-26(34)32-13-18-10-11-33(16-18)17-20-4-3-5-22(28)27(20)29/h3-7,12,14-15,18H,8-11,13,16-17H2,1-2H3,(H,32,34). The van der Waals surface area contributed by atoms with Crippen LogP contribution in [0.15, 0.2) is 48.8 Å². The van der Waals surface area contributed by atoms with Crippen LogP contribution in [0.5, 0.6) is 11.5 Å². The van der Waals surface area contributed by atoms with Gasteiger partial charge in [-0.25, -0.2) is 9.97 Å². The van der Waals surface area contributed by atoms with Gasteiger partial charge in [-0.15, -0.1) is 0 Å². The maximum absolute atomic E-state index is 12.4. The quantitative estimate of drug-likeness (QED) is 0.397. The highest BCUT2D eigenvalue weighted by molar-refractivity contribution is 6.42. The Hall–Kier alpha value is -2.87. The number of amides is 1. The van der Waals surface area contributed by atoms with E-state index in [1.165, 1.54) is 0 Å². The van der Waals surface area contributed by atoms with Crippen molar-refractivity contribution in [3.8, 4) is 22.6 Å². The fourth-order valence-corrected chi connectivity index (χ4v) is 4.74. The maximum Gasteiger partial charge on any atom is 0.220 e. The number of aryl methyl sites for hydroxylation is 1. The third-order valence-corrected chi connectivity index (χ3v) is 7.24. The molecular weight excluding hydrogens is 499 g/mol. The Morgan fingerprint density at radius 3 is 2.61 bits per heavy atom. The summed E-state index contributed by atoms with van der Waals surface area (Å²) in [5.41, 5.74) is 2.83. The predicted octanol–water partition coefficient (Wildman–Crippen LogP) is 5.04. The number of nitrogens with zero attached hydrogens (tertiary/aromatic N) is 3. The third kappa shape index (κ3) is 6.66. The Bertz CT molecular complexity index is 1190. The number of hydrogen-bond donors (Lipinski definition) is 1. The fourth-order valence-electron chi connectivity index (χ4n) is 4.36. The number of nitrogens with one attached hydrogen (secondary N) is 1. The number of likely N-dealkylation sites (tertiary alicyclic amines) is 1. The van der Waals surface area contributed by atoms with Crippen LogP contribution in [0.2, 0.25) is 10.0 Å². The second-order valence-corrected chi connectivity index (χ2v) is 9.65. The summed E-state index contributed by atoms with van der Waals surface area (Å²) in [7, 11) is 3.21. The van der Waals surface area contributed by atoms with Crippen LogP contribution in [0.4, 0.5) is 0 Å². The van der Waals surface area contributed by atoms with Gasteiger partial charge in [0.25, 0.3) is 0 Å². The van der Waals surface area contributed by atoms with E-state index in [-0.39, 0.29) is 5.91 Å². The van der Waals surface area contributed by atoms with Crippen molar-refractivity contribution in [2.75, 3.05) is 33.9 Å². The number of halogens is 2. The van der Waals surface area contributed by atoms with Crippen LogP contribution in [0, 0.1) is 5.92 Å². The van der Waals surface area contributed by atoms with Gasteiger partial charge in [-0.3, -0.25) is 9.69 Å². The molecule has 0 saturated carbocycles. The molecule has 2 heterocycles. The molecule has 1 aromatic heterocycles. The molecule has 190 valence electrons. The van der Waals surface area contributed by atoms with Gasteiger partial charge in [-0.2, -0.15) is 0 Å². The molecule has 1 aliphatic heterocycles. The van der Waals surface area contributed by atoms with E-state index in [1.54, 1.807) is 32.7 Å². The van der Waals surface area contributed by atoms with Gasteiger partial charge in [0.15, 0.2) is 11.5 Å². The molecule has 1 unspecified atom stereocenters. The van der Waals surface area contributed by atoms with Crippen LogP contribution < -0.4 is 14.8 Å². The normalized spacial score (nSPS) is 15.6. The minimum atomic E-state index is 0.0129. The zero-order chi connectivity index (χ0) is 25.5. The van der Waals surface area contributed by atoms with Crippen molar-refractivity contribution in [2.24, 2.45) is 5.92 Å². The van der Waals surface area contributed by atoms with E-state index in [4.69, 9.17) is 32.7 Å². The molecule has 0 bridgehead atoms. The van der Waals surface area contributed by atoms with Gasteiger partial charge in [0.2, 0.25) is 5.91 Å². The van der Waals surface area contributed by atoms with Crippen molar-refractivity contribution in [2.45, 2.75) is 25.8 Å². The van der Waals surface area contributed by atoms with Gasteiger partial charge >= 0.3 is 0 Å². The van der Waals surface area contributed by atoms with E-state index < -0.39 is 0 Å². The Morgan fingerprint density at radius 2 is 1.86 bits per heavy atom. The zero-order valence-electron chi connectivity index (χ0n) is 20.5. The molecule has 9 heteroatoms. The second kappa shape index (κ2) is 12.4. The minimum Gasteiger partial charge on any atom is -0.493 e. The summed E-state index contributed by atoms with van der Waals surface area (Å²) in [4.78, 5) is 23.6. The molecule has 1 atom stereocenters. The van der Waals surface area contributed by atoms with Gasteiger partial charge in [-0.05, 0) is 48.2 Å². The molecule has 4 rings (SSSR count). The van der Waals surface area contributed by atoms with Crippen molar-refractivity contribution in [3.05, 3.63) is 70.2 Å². The van der Waals surface area contributed by atoms with E-state index in [2.05, 4.69) is 20.2 Å². The summed E-state index contributed by atoms with van der Waals surface area (Å²) >= 11 is 12.5. The summed E-state index contributed by atoms with van der Waals surface area (Å²) < 4.78 is 10.6. The number of carbonyl (C=O) groups is 1. The predicted molar refractivity (Wildman–Crippen MR) is 142 cm³/mol. The summed E-state index contributed by atoms with van der Waals surface area (Å²) in [6, 6.07) is 11.4. The summed E-state index contributed by atoms with van der Waals surface area (Å²) in [6.45, 7) is 3.33. The van der Waals surface area contributed by atoms with Gasteiger partial charge in [0, 0.05) is 50.4 Å². The first-order valence-electron chi connectivity index (χ1n) is 11.9. The molecule has 2 aromatic carbocycles. The Morgan fingerprint density at radius 1 is 1.08 bits per heavy atom. The number of carbonyl (C=O) groups excluding carboxylic acids is 1. The molecular formula is C27H30Cl2N4O3. The summed E-state index contributed by atoms with van der Waals surface area (Å²) in [6.07, 6.45) is 5.41. The Labute approximate surface area is 221 Å². The molecule has 0 radical (unpaired) electrons. The lowest BCUT2D eigenvalue weighted by Gasteiger charge is -2.17. The zero-order valence-corrected chi connectivity index (χ0v) is 22.0. The monoisotopic (exact) mass is 528 g/mol. The fraction of sp³-hybridized carbons (Fsp3) is 0.370. The topological polar surface area (TPSA) is 76.6 Å². The number of hydrogen-bond acceptors (Lipinski definition) is 6. The number of ether oxygens (including phenoxy) is 2. The summed E-state index contributed by atoms with van der Waals surface area (Å²) in [5.74, 6) is 2.39. The van der Waals surface area contributed by atoms with Gasteiger partial charge < -0.3 is 14.8 Å².